The van der Waals surface area contributed by atoms with Gasteiger partial charge in [0.15, 0.2) is 0 Å². The Bertz CT molecular complexity index is 954. The summed E-state index contributed by atoms with van der Waals surface area (Å²) < 4.78 is 6.11. The zero-order chi connectivity index (χ0) is 24.0. The Hall–Kier alpha value is -2.58. The van der Waals surface area contributed by atoms with Gasteiger partial charge in [-0.05, 0) is 50.1 Å². The molecular formula is C25H32BrN3O4. The second kappa shape index (κ2) is 11.0. The molecular weight excluding hydrogens is 486 g/mol. The fourth-order valence-electron chi connectivity index (χ4n) is 3.88. The first-order valence-corrected chi connectivity index (χ1v) is 11.9. The van der Waals surface area contributed by atoms with Crippen LogP contribution in [-0.2, 0) is 22.5 Å². The molecule has 2 N–H and O–H groups in total. The lowest BCUT2D eigenvalue weighted by atomic mass is 10.0. The van der Waals surface area contributed by atoms with Crippen LogP contribution in [0, 0.1) is 0 Å². The molecule has 1 amide bonds. The van der Waals surface area contributed by atoms with Crippen LogP contribution in [0.4, 0.5) is 10.5 Å². The van der Waals surface area contributed by atoms with E-state index in [1.54, 1.807) is 20.8 Å². The number of ether oxygens (including phenoxy) is 1. The van der Waals surface area contributed by atoms with E-state index in [-0.39, 0.29) is 6.42 Å². The highest BCUT2D eigenvalue weighted by Crippen LogP contribution is 2.27. The fraction of sp³-hybridized carbons (Fsp3) is 0.440. The summed E-state index contributed by atoms with van der Waals surface area (Å²) in [6.07, 6.45) is -0.575. The maximum Gasteiger partial charge on any atom is 0.408 e. The molecule has 1 fully saturated rings. The lowest BCUT2D eigenvalue weighted by Gasteiger charge is -2.37. The number of alkyl carbamates (subject to hydrolysis) is 1. The van der Waals surface area contributed by atoms with Crippen molar-refractivity contribution in [3.63, 3.8) is 0 Å². The van der Waals surface area contributed by atoms with Crippen LogP contribution in [0.3, 0.4) is 0 Å². The molecule has 1 atom stereocenters. The van der Waals surface area contributed by atoms with E-state index < -0.39 is 23.7 Å². The number of hydrogen-bond acceptors (Lipinski definition) is 5. The standard InChI is InChI=1S/C25H32BrN3O4/c1-25(2,3)33-24(32)27-21(23(30)31)16-19-15-20(26)9-10-22(19)29-13-11-28(12-14-29)17-18-7-5-4-6-8-18/h4-10,15,21H,11-14,16-17H2,1-3H3,(H,27,32)(H,30,31). The first-order valence-electron chi connectivity index (χ1n) is 11.1. The molecule has 2 aromatic rings. The minimum absolute atomic E-state index is 0.160. The molecule has 8 heteroatoms. The molecule has 0 bridgehead atoms. The predicted octanol–water partition coefficient (Wildman–Crippen LogP) is 4.29. The summed E-state index contributed by atoms with van der Waals surface area (Å²) in [5, 5.41) is 12.2. The highest BCUT2D eigenvalue weighted by Gasteiger charge is 2.27. The number of carbonyl (C=O) groups excluding carboxylic acids is 1. The summed E-state index contributed by atoms with van der Waals surface area (Å²) in [4.78, 5) is 28.8. The first-order chi connectivity index (χ1) is 15.6. The Morgan fingerprint density at radius 3 is 2.36 bits per heavy atom. The average Bonchev–Trinajstić information content (AvgIpc) is 2.73. The summed E-state index contributed by atoms with van der Waals surface area (Å²) in [6, 6.07) is 15.2. The molecule has 1 aliphatic heterocycles. The summed E-state index contributed by atoms with van der Waals surface area (Å²) in [7, 11) is 0. The van der Waals surface area contributed by atoms with E-state index in [0.717, 1.165) is 48.4 Å². The number of piperazine rings is 1. The van der Waals surface area contributed by atoms with Crippen molar-refractivity contribution in [2.24, 2.45) is 0 Å². The number of carbonyl (C=O) groups is 2. The van der Waals surface area contributed by atoms with Gasteiger partial charge in [0.05, 0.1) is 0 Å². The molecule has 178 valence electrons. The number of nitrogens with zero attached hydrogens (tertiary/aromatic N) is 2. The quantitative estimate of drug-likeness (QED) is 0.569. The van der Waals surface area contributed by atoms with Gasteiger partial charge in [-0.3, -0.25) is 4.90 Å². The molecule has 0 aliphatic carbocycles. The van der Waals surface area contributed by atoms with Crippen LogP contribution >= 0.6 is 15.9 Å². The summed E-state index contributed by atoms with van der Waals surface area (Å²) in [5.41, 5.74) is 2.46. The van der Waals surface area contributed by atoms with Crippen molar-refractivity contribution in [1.29, 1.82) is 0 Å². The number of aliphatic carboxylic acids is 1. The first kappa shape index (κ1) is 25.1. The third-order valence-corrected chi connectivity index (χ3v) is 5.91. The van der Waals surface area contributed by atoms with Crippen molar-refractivity contribution >= 4 is 33.7 Å². The summed E-state index contributed by atoms with van der Waals surface area (Å²) in [6.45, 7) is 9.68. The predicted molar refractivity (Wildman–Crippen MR) is 133 cm³/mol. The van der Waals surface area contributed by atoms with Crippen LogP contribution in [0.2, 0.25) is 0 Å². The topological polar surface area (TPSA) is 82.1 Å². The monoisotopic (exact) mass is 517 g/mol. The van der Waals surface area contributed by atoms with Gasteiger partial charge in [-0.2, -0.15) is 0 Å². The van der Waals surface area contributed by atoms with Crippen molar-refractivity contribution in [3.05, 3.63) is 64.1 Å². The molecule has 7 nitrogen and oxygen atoms in total. The van der Waals surface area contributed by atoms with Crippen molar-refractivity contribution in [2.75, 3.05) is 31.1 Å². The van der Waals surface area contributed by atoms with Crippen LogP contribution in [0.25, 0.3) is 0 Å². The molecule has 0 radical (unpaired) electrons. The van der Waals surface area contributed by atoms with E-state index in [0.29, 0.717) is 0 Å². The Morgan fingerprint density at radius 2 is 1.76 bits per heavy atom. The number of amides is 1. The molecule has 1 heterocycles. The third-order valence-electron chi connectivity index (χ3n) is 5.42. The number of rotatable bonds is 7. The highest BCUT2D eigenvalue weighted by atomic mass is 79.9. The van der Waals surface area contributed by atoms with Gasteiger partial charge in [0.1, 0.15) is 11.6 Å². The number of nitrogens with one attached hydrogen (secondary N) is 1. The van der Waals surface area contributed by atoms with E-state index in [4.69, 9.17) is 4.74 Å². The lowest BCUT2D eigenvalue weighted by Crippen LogP contribution is -2.47. The number of carboxylic acids is 1. The van der Waals surface area contributed by atoms with Crippen LogP contribution in [0.5, 0.6) is 0 Å². The second-order valence-electron chi connectivity index (χ2n) is 9.26. The Labute approximate surface area is 203 Å². The Kier molecular flexibility index (Phi) is 8.37. The Morgan fingerprint density at radius 1 is 1.09 bits per heavy atom. The van der Waals surface area contributed by atoms with Gasteiger partial charge in [0.25, 0.3) is 0 Å². The van der Waals surface area contributed by atoms with Crippen LogP contribution in [0.1, 0.15) is 31.9 Å². The zero-order valence-corrected chi connectivity index (χ0v) is 21.0. The fourth-order valence-corrected chi connectivity index (χ4v) is 4.29. The van der Waals surface area contributed by atoms with E-state index in [1.807, 2.05) is 24.3 Å². The van der Waals surface area contributed by atoms with E-state index >= 15 is 0 Å². The number of hydrogen-bond donors (Lipinski definition) is 2. The van der Waals surface area contributed by atoms with Gasteiger partial charge >= 0.3 is 12.1 Å². The minimum atomic E-state index is -1.10. The van der Waals surface area contributed by atoms with Crippen molar-refractivity contribution in [1.82, 2.24) is 10.2 Å². The number of benzene rings is 2. The number of halogens is 1. The molecule has 33 heavy (non-hydrogen) atoms. The number of carboxylic acid groups (broad SMARTS) is 1. The highest BCUT2D eigenvalue weighted by molar-refractivity contribution is 9.10. The SMILES string of the molecule is CC(C)(C)OC(=O)NC(Cc1cc(Br)ccc1N1CCN(Cc2ccccc2)CC1)C(=O)O. The summed E-state index contributed by atoms with van der Waals surface area (Å²) in [5.74, 6) is -1.10. The molecule has 0 aromatic heterocycles. The normalized spacial score (nSPS) is 15.7. The molecule has 1 saturated heterocycles. The van der Waals surface area contributed by atoms with Crippen molar-refractivity contribution in [2.45, 2.75) is 45.4 Å². The zero-order valence-electron chi connectivity index (χ0n) is 19.4. The molecule has 0 spiro atoms. The van der Waals surface area contributed by atoms with Gasteiger partial charge in [0.2, 0.25) is 0 Å². The molecule has 0 saturated carbocycles. The van der Waals surface area contributed by atoms with Crippen LogP contribution < -0.4 is 10.2 Å². The molecule has 3 rings (SSSR count). The van der Waals surface area contributed by atoms with Crippen molar-refractivity contribution < 1.29 is 19.4 Å². The van der Waals surface area contributed by atoms with Gasteiger partial charge < -0.3 is 20.1 Å². The van der Waals surface area contributed by atoms with E-state index in [2.05, 4.69) is 55.3 Å². The molecule has 1 aliphatic rings. The van der Waals surface area contributed by atoms with Gasteiger partial charge in [-0.25, -0.2) is 9.59 Å². The minimum Gasteiger partial charge on any atom is -0.480 e. The van der Waals surface area contributed by atoms with Crippen LogP contribution in [0.15, 0.2) is 53.0 Å². The smallest absolute Gasteiger partial charge is 0.408 e. The summed E-state index contributed by atoms with van der Waals surface area (Å²) >= 11 is 3.50. The van der Waals surface area contributed by atoms with Crippen LogP contribution in [-0.4, -0.2) is 59.9 Å². The van der Waals surface area contributed by atoms with Gasteiger partial charge in [0, 0.05) is 49.3 Å². The maximum absolute atomic E-state index is 12.2. The molecule has 2 aromatic carbocycles. The van der Waals surface area contributed by atoms with Gasteiger partial charge in [-0.15, -0.1) is 0 Å². The second-order valence-corrected chi connectivity index (χ2v) is 10.2. The van der Waals surface area contributed by atoms with Crippen molar-refractivity contribution in [3.8, 4) is 0 Å². The molecule has 1 unspecified atom stereocenters. The lowest BCUT2D eigenvalue weighted by molar-refractivity contribution is -0.139. The van der Waals surface area contributed by atoms with Gasteiger partial charge in [-0.1, -0.05) is 46.3 Å². The number of anilines is 1. The third kappa shape index (κ3) is 7.75. The average molecular weight is 518 g/mol. The van der Waals surface area contributed by atoms with E-state index in [9.17, 15) is 14.7 Å². The maximum atomic E-state index is 12.2. The largest absolute Gasteiger partial charge is 0.480 e. The van der Waals surface area contributed by atoms with E-state index in [1.165, 1.54) is 5.56 Å². The Balaban J connectivity index is 1.68.